The molecule has 4 N–H and O–H groups in total. The SMILES string of the molecule is CCOc1cc(C(Nc2ccc3c(N)nccc3c2)C(=O)NCc2ccccc2S(=O)(=O)N2CCN(C)CC2)ccc1OC(C)C. The van der Waals surface area contributed by atoms with Crippen LogP contribution in [0.25, 0.3) is 10.8 Å². The van der Waals surface area contributed by atoms with E-state index in [1.54, 1.807) is 42.6 Å². The molecule has 1 aliphatic rings. The van der Waals surface area contributed by atoms with Crippen LogP contribution >= 0.6 is 0 Å². The second-order valence-electron chi connectivity index (χ2n) is 11.5. The van der Waals surface area contributed by atoms with Gasteiger partial charge in [0, 0.05) is 50.0 Å². The highest BCUT2D eigenvalue weighted by Gasteiger charge is 2.30. The Balaban J connectivity index is 1.45. The lowest BCUT2D eigenvalue weighted by molar-refractivity contribution is -0.122. The van der Waals surface area contributed by atoms with E-state index in [-0.39, 0.29) is 23.5 Å². The number of nitrogens with zero attached hydrogens (tertiary/aromatic N) is 3. The zero-order valence-corrected chi connectivity index (χ0v) is 27.5. The summed E-state index contributed by atoms with van der Waals surface area (Å²) < 4.78 is 40.6. The van der Waals surface area contributed by atoms with Gasteiger partial charge < -0.3 is 30.7 Å². The number of aromatic nitrogens is 1. The Morgan fingerprint density at radius 1 is 1.00 bits per heavy atom. The molecule has 12 heteroatoms. The number of likely N-dealkylation sites (N-methyl/N-ethyl adjacent to an activating group) is 1. The fourth-order valence-corrected chi connectivity index (χ4v) is 7.08. The van der Waals surface area contributed by atoms with Gasteiger partial charge in [-0.15, -0.1) is 0 Å². The topological polar surface area (TPSA) is 139 Å². The van der Waals surface area contributed by atoms with Crippen LogP contribution in [0.1, 0.15) is 37.9 Å². The minimum absolute atomic E-state index is 0.0208. The maximum Gasteiger partial charge on any atom is 0.247 e. The molecular formula is C34H42N6O5S. The molecule has 1 aromatic heterocycles. The summed E-state index contributed by atoms with van der Waals surface area (Å²) in [6.45, 7) is 8.35. The number of carbonyl (C=O) groups is 1. The number of rotatable bonds is 12. The van der Waals surface area contributed by atoms with Gasteiger partial charge in [0.1, 0.15) is 11.9 Å². The summed E-state index contributed by atoms with van der Waals surface area (Å²) in [6, 6.07) is 18.9. The predicted octanol–water partition coefficient (Wildman–Crippen LogP) is 4.41. The van der Waals surface area contributed by atoms with Gasteiger partial charge in [0.05, 0.1) is 17.6 Å². The molecule has 1 atom stereocenters. The van der Waals surface area contributed by atoms with Crippen molar-refractivity contribution in [3.05, 3.63) is 84.1 Å². The molecule has 5 rings (SSSR count). The molecular weight excluding hydrogens is 604 g/mol. The second kappa shape index (κ2) is 14.4. The van der Waals surface area contributed by atoms with Gasteiger partial charge in [0.2, 0.25) is 15.9 Å². The van der Waals surface area contributed by atoms with Crippen LogP contribution < -0.4 is 25.8 Å². The fraction of sp³-hybridized carbons (Fsp3) is 0.353. The lowest BCUT2D eigenvalue weighted by atomic mass is 10.0. The molecule has 0 saturated carbocycles. The fourth-order valence-electron chi connectivity index (χ4n) is 5.44. The van der Waals surface area contributed by atoms with Gasteiger partial charge in [0.25, 0.3) is 0 Å². The van der Waals surface area contributed by atoms with Gasteiger partial charge in [-0.05, 0) is 86.8 Å². The van der Waals surface area contributed by atoms with Crippen LogP contribution in [-0.2, 0) is 21.4 Å². The highest BCUT2D eigenvalue weighted by Crippen LogP contribution is 2.34. The Bertz CT molecular complexity index is 1790. The molecule has 4 aromatic rings. The standard InChI is InChI=1S/C34H42N6O5S/c1-5-44-30-21-25(10-13-29(30)45-23(2)3)32(38-27-11-12-28-24(20-27)14-15-36-33(28)35)34(41)37-22-26-8-6-7-9-31(26)46(42,43)40-18-16-39(4)17-19-40/h6-15,20-21,23,32,38H,5,16-19,22H2,1-4H3,(H2,35,36)(H,37,41). The second-order valence-corrected chi connectivity index (χ2v) is 13.5. The van der Waals surface area contributed by atoms with E-state index in [1.165, 1.54) is 4.31 Å². The molecule has 0 bridgehead atoms. The average molecular weight is 647 g/mol. The largest absolute Gasteiger partial charge is 0.490 e. The minimum Gasteiger partial charge on any atom is -0.490 e. The summed E-state index contributed by atoms with van der Waals surface area (Å²) in [5.41, 5.74) is 7.91. The van der Waals surface area contributed by atoms with E-state index in [1.807, 2.05) is 58.2 Å². The third-order valence-corrected chi connectivity index (χ3v) is 9.84. The number of nitrogen functional groups attached to an aromatic ring is 1. The molecule has 3 aromatic carbocycles. The molecule has 1 fully saturated rings. The zero-order chi connectivity index (χ0) is 32.8. The van der Waals surface area contributed by atoms with Crippen LogP contribution in [0.2, 0.25) is 0 Å². The van der Waals surface area contributed by atoms with Crippen molar-refractivity contribution in [2.75, 3.05) is 50.9 Å². The van der Waals surface area contributed by atoms with Crippen LogP contribution in [0.3, 0.4) is 0 Å². The number of pyridine rings is 1. The molecule has 2 heterocycles. The Kier molecular flexibility index (Phi) is 10.3. The van der Waals surface area contributed by atoms with Crippen molar-refractivity contribution in [2.45, 2.75) is 44.4 Å². The maximum absolute atomic E-state index is 14.0. The van der Waals surface area contributed by atoms with Crippen LogP contribution in [0.4, 0.5) is 11.5 Å². The van der Waals surface area contributed by atoms with E-state index >= 15 is 0 Å². The number of benzene rings is 3. The predicted molar refractivity (Wildman–Crippen MR) is 180 cm³/mol. The first kappa shape index (κ1) is 33.0. The summed E-state index contributed by atoms with van der Waals surface area (Å²) in [5, 5.41) is 8.04. The number of carbonyl (C=O) groups excluding carboxylic acids is 1. The van der Waals surface area contributed by atoms with Gasteiger partial charge >= 0.3 is 0 Å². The molecule has 1 amide bonds. The molecule has 0 radical (unpaired) electrons. The highest BCUT2D eigenvalue weighted by molar-refractivity contribution is 7.89. The summed E-state index contributed by atoms with van der Waals surface area (Å²) in [6.07, 6.45) is 1.57. The third kappa shape index (κ3) is 7.52. The normalized spacial score (nSPS) is 15.1. The van der Waals surface area contributed by atoms with E-state index < -0.39 is 16.1 Å². The third-order valence-electron chi connectivity index (χ3n) is 7.84. The highest BCUT2D eigenvalue weighted by atomic mass is 32.2. The number of ether oxygens (including phenoxy) is 2. The number of piperazine rings is 1. The first-order chi connectivity index (χ1) is 22.1. The monoisotopic (exact) mass is 646 g/mol. The quantitative estimate of drug-likeness (QED) is 0.204. The number of sulfonamides is 1. The molecule has 11 nitrogen and oxygen atoms in total. The molecule has 46 heavy (non-hydrogen) atoms. The minimum atomic E-state index is -3.74. The number of hydrogen-bond donors (Lipinski definition) is 3. The first-order valence-corrected chi connectivity index (χ1v) is 16.9. The number of fused-ring (bicyclic) bond motifs is 1. The molecule has 244 valence electrons. The lowest BCUT2D eigenvalue weighted by Gasteiger charge is -2.32. The van der Waals surface area contributed by atoms with Crippen molar-refractivity contribution in [3.63, 3.8) is 0 Å². The Hall–Kier alpha value is -4.39. The van der Waals surface area contributed by atoms with Gasteiger partial charge in [-0.2, -0.15) is 4.31 Å². The summed E-state index contributed by atoms with van der Waals surface area (Å²) in [7, 11) is -1.77. The van der Waals surface area contributed by atoms with E-state index in [4.69, 9.17) is 15.2 Å². The number of nitrogens with two attached hydrogens (primary N) is 1. The van der Waals surface area contributed by atoms with Crippen molar-refractivity contribution in [1.29, 1.82) is 0 Å². The summed E-state index contributed by atoms with van der Waals surface area (Å²) in [5.74, 6) is 1.18. The molecule has 1 unspecified atom stereocenters. The van der Waals surface area contributed by atoms with Crippen molar-refractivity contribution in [2.24, 2.45) is 0 Å². The maximum atomic E-state index is 14.0. The van der Waals surface area contributed by atoms with Crippen LogP contribution in [-0.4, -0.2) is 74.5 Å². The Morgan fingerprint density at radius 2 is 1.76 bits per heavy atom. The molecule has 0 aliphatic carbocycles. The molecule has 0 spiro atoms. The average Bonchev–Trinajstić information content (AvgIpc) is 3.03. The first-order valence-electron chi connectivity index (χ1n) is 15.4. The smallest absolute Gasteiger partial charge is 0.247 e. The van der Waals surface area contributed by atoms with Crippen molar-refractivity contribution in [1.82, 2.24) is 19.5 Å². The Morgan fingerprint density at radius 3 is 2.50 bits per heavy atom. The van der Waals surface area contributed by atoms with Crippen LogP contribution in [0, 0.1) is 0 Å². The van der Waals surface area contributed by atoms with Crippen LogP contribution in [0.5, 0.6) is 11.5 Å². The van der Waals surface area contributed by atoms with Gasteiger partial charge in [-0.25, -0.2) is 13.4 Å². The molecule has 1 aliphatic heterocycles. The Labute approximate surface area is 270 Å². The van der Waals surface area contributed by atoms with Crippen LogP contribution in [0.15, 0.2) is 77.8 Å². The van der Waals surface area contributed by atoms with E-state index in [0.29, 0.717) is 66.9 Å². The number of hydrogen-bond acceptors (Lipinski definition) is 9. The van der Waals surface area contributed by atoms with E-state index in [0.717, 1.165) is 10.8 Å². The lowest BCUT2D eigenvalue weighted by Crippen LogP contribution is -2.47. The van der Waals surface area contributed by atoms with Gasteiger partial charge in [-0.3, -0.25) is 4.79 Å². The van der Waals surface area contributed by atoms with Crippen molar-refractivity contribution >= 4 is 38.2 Å². The molecule has 1 saturated heterocycles. The van der Waals surface area contributed by atoms with E-state index in [9.17, 15) is 13.2 Å². The zero-order valence-electron chi connectivity index (χ0n) is 26.7. The van der Waals surface area contributed by atoms with Crippen molar-refractivity contribution in [3.8, 4) is 11.5 Å². The number of amides is 1. The van der Waals surface area contributed by atoms with Crippen molar-refractivity contribution < 1.29 is 22.7 Å². The number of nitrogens with one attached hydrogen (secondary N) is 2. The summed E-state index contributed by atoms with van der Waals surface area (Å²) >= 11 is 0. The number of anilines is 2. The van der Waals surface area contributed by atoms with Gasteiger partial charge in [0.15, 0.2) is 11.5 Å². The summed E-state index contributed by atoms with van der Waals surface area (Å²) in [4.78, 5) is 20.5. The van der Waals surface area contributed by atoms with Gasteiger partial charge in [-0.1, -0.05) is 24.3 Å². The van der Waals surface area contributed by atoms with E-state index in [2.05, 4.69) is 20.5 Å².